The Morgan fingerprint density at radius 1 is 0.250 bits per heavy atom. The van der Waals surface area contributed by atoms with E-state index in [1.54, 1.807) is 0 Å². The predicted molar refractivity (Wildman–Crippen MR) is 271 cm³/mol. The van der Waals surface area contributed by atoms with E-state index < -0.39 is 0 Å². The van der Waals surface area contributed by atoms with Crippen LogP contribution in [0.5, 0.6) is 0 Å². The average Bonchev–Trinajstić information content (AvgIpc) is 3.76. The van der Waals surface area contributed by atoms with Crippen LogP contribution < -0.4 is 14.7 Å². The van der Waals surface area contributed by atoms with Crippen molar-refractivity contribution in [2.45, 2.75) is 0 Å². The zero-order chi connectivity index (χ0) is 42.7. The van der Waals surface area contributed by atoms with Crippen molar-refractivity contribution in [1.29, 1.82) is 0 Å². The first-order chi connectivity index (χ1) is 31.8. The highest BCUT2D eigenvalue weighted by atomic mass is 15.2. The number of hydrogen-bond acceptors (Lipinski definition) is 3. The van der Waals surface area contributed by atoms with Gasteiger partial charge >= 0.3 is 0 Å². The van der Waals surface area contributed by atoms with Crippen molar-refractivity contribution >= 4 is 73.0 Å². The second-order valence-corrected chi connectivity index (χ2v) is 15.8. The van der Waals surface area contributed by atoms with Crippen molar-refractivity contribution in [2.75, 3.05) is 14.7 Å². The van der Waals surface area contributed by atoms with Gasteiger partial charge in [-0.2, -0.15) is 0 Å². The minimum atomic E-state index is 1.02. The number of benzene rings is 10. The van der Waals surface area contributed by atoms with Crippen LogP contribution >= 0.6 is 0 Å². The minimum absolute atomic E-state index is 1.02. The molecule has 0 aliphatic heterocycles. The molecule has 0 fully saturated rings. The van der Waals surface area contributed by atoms with E-state index in [9.17, 15) is 0 Å². The molecule has 0 bridgehead atoms. The van der Waals surface area contributed by atoms with Crippen molar-refractivity contribution in [2.24, 2.45) is 0 Å². The van der Waals surface area contributed by atoms with Gasteiger partial charge in [0.2, 0.25) is 0 Å². The van der Waals surface area contributed by atoms with Gasteiger partial charge in [0.15, 0.2) is 0 Å². The Bertz CT molecular complexity index is 3120. The smallest absolute Gasteiger partial charge is 0.0703 e. The molecule has 10 aromatic carbocycles. The van der Waals surface area contributed by atoms with Gasteiger partial charge < -0.3 is 19.7 Å². The first-order valence-electron chi connectivity index (χ1n) is 21.8. The van der Waals surface area contributed by atoms with Crippen LogP contribution in [0, 0.1) is 0 Å². The maximum absolute atomic E-state index is 3.91. The van der Waals surface area contributed by atoms with Gasteiger partial charge in [-0.1, -0.05) is 176 Å². The molecule has 0 saturated heterocycles. The Balaban J connectivity index is 1.25. The van der Waals surface area contributed by atoms with E-state index in [4.69, 9.17) is 0 Å². The molecule has 0 aliphatic carbocycles. The van der Waals surface area contributed by atoms with Gasteiger partial charge in [-0.05, 0) is 96.1 Å². The molecule has 1 aromatic heterocycles. The molecule has 11 aromatic rings. The van der Waals surface area contributed by atoms with E-state index in [1.807, 2.05) is 0 Å². The first-order valence-corrected chi connectivity index (χ1v) is 21.8. The van der Waals surface area contributed by atoms with Crippen LogP contribution in [0.25, 0.3) is 44.1 Å². The van der Waals surface area contributed by atoms with Crippen molar-refractivity contribution < 1.29 is 0 Å². The van der Waals surface area contributed by atoms with E-state index in [-0.39, 0.29) is 0 Å². The number of rotatable bonds is 11. The molecule has 0 saturated carbocycles. The van der Waals surface area contributed by atoms with Crippen LogP contribution in [0.2, 0.25) is 0 Å². The number of aromatic amines is 1. The highest BCUT2D eigenvalue weighted by molar-refractivity contribution is 6.16. The lowest BCUT2D eigenvalue weighted by atomic mass is 9.90. The highest BCUT2D eigenvalue weighted by Crippen LogP contribution is 2.53. The summed E-state index contributed by atoms with van der Waals surface area (Å²) in [5, 5.41) is 2.39. The molecule has 4 nitrogen and oxygen atoms in total. The molecule has 4 heteroatoms. The van der Waals surface area contributed by atoms with Crippen LogP contribution in [-0.2, 0) is 0 Å². The van der Waals surface area contributed by atoms with Gasteiger partial charge in [0.05, 0.1) is 34.0 Å². The Labute approximate surface area is 374 Å². The van der Waals surface area contributed by atoms with Crippen LogP contribution in [-0.4, -0.2) is 4.98 Å². The third-order valence-electron chi connectivity index (χ3n) is 12.0. The second kappa shape index (κ2) is 17.0. The maximum atomic E-state index is 3.91. The average molecular weight is 821 g/mol. The molecule has 0 spiro atoms. The maximum Gasteiger partial charge on any atom is 0.0703 e. The van der Waals surface area contributed by atoms with Crippen molar-refractivity contribution in [3.8, 4) is 22.3 Å². The Hall–Kier alpha value is -8.60. The van der Waals surface area contributed by atoms with Crippen LogP contribution in [0.4, 0.5) is 51.2 Å². The fourth-order valence-corrected chi connectivity index (χ4v) is 9.17. The first kappa shape index (κ1) is 38.3. The number of nitrogens with one attached hydrogen (secondary N) is 1. The molecule has 11 rings (SSSR count). The molecular weight excluding hydrogens is 777 g/mol. The van der Waals surface area contributed by atoms with Crippen molar-refractivity contribution in [1.82, 2.24) is 4.98 Å². The van der Waals surface area contributed by atoms with Gasteiger partial charge in [0.25, 0.3) is 0 Å². The summed E-state index contributed by atoms with van der Waals surface area (Å²) in [4.78, 5) is 11.1. The summed E-state index contributed by atoms with van der Waals surface area (Å²) in [6.45, 7) is 0. The standard InChI is InChI=1S/C60H44N4/c1-6-24-44(25-7-1)49-42-43-51-50-34-16-18-36-53(50)61-60(51)59(49)52-35-17-19-37-54(52)64(57-40-22-20-38-55(57)62(45-26-8-2-9-27-45)46-28-10-3-11-29-46)58-41-23-21-39-56(58)63(47-30-12-4-13-31-47)48-32-14-5-15-33-48/h1-43,61H. The zero-order valence-electron chi connectivity index (χ0n) is 35.2. The minimum Gasteiger partial charge on any atom is -0.354 e. The summed E-state index contributed by atoms with van der Waals surface area (Å²) < 4.78 is 0. The van der Waals surface area contributed by atoms with E-state index in [0.717, 1.165) is 84.5 Å². The van der Waals surface area contributed by atoms with E-state index in [0.29, 0.717) is 0 Å². The quantitative estimate of drug-likeness (QED) is 0.141. The van der Waals surface area contributed by atoms with Crippen molar-refractivity contribution in [3.05, 3.63) is 261 Å². The number of H-pyrrole nitrogens is 1. The lowest BCUT2D eigenvalue weighted by Gasteiger charge is -2.37. The number of hydrogen-bond donors (Lipinski definition) is 1. The van der Waals surface area contributed by atoms with Crippen LogP contribution in [0.15, 0.2) is 261 Å². The summed E-state index contributed by atoms with van der Waals surface area (Å²) in [7, 11) is 0. The molecular formula is C60H44N4. The normalized spacial score (nSPS) is 11.1. The van der Waals surface area contributed by atoms with Gasteiger partial charge in [-0.25, -0.2) is 0 Å². The van der Waals surface area contributed by atoms with Crippen LogP contribution in [0.1, 0.15) is 0 Å². The highest BCUT2D eigenvalue weighted by Gasteiger charge is 2.29. The summed E-state index contributed by atoms with van der Waals surface area (Å²) in [6, 6.07) is 93.2. The van der Waals surface area contributed by atoms with E-state index in [2.05, 4.69) is 281 Å². The van der Waals surface area contributed by atoms with Gasteiger partial charge in [-0.3, -0.25) is 0 Å². The molecule has 0 unspecified atom stereocenters. The number of aromatic nitrogens is 1. The molecule has 1 N–H and O–H groups in total. The summed E-state index contributed by atoms with van der Waals surface area (Å²) in [5.74, 6) is 0. The van der Waals surface area contributed by atoms with Crippen molar-refractivity contribution in [3.63, 3.8) is 0 Å². The molecule has 0 atom stereocenters. The van der Waals surface area contributed by atoms with Gasteiger partial charge in [-0.15, -0.1) is 0 Å². The molecule has 0 aliphatic rings. The Kier molecular flexibility index (Phi) is 10.2. The fraction of sp³-hybridized carbons (Fsp3) is 0. The lowest BCUT2D eigenvalue weighted by Crippen LogP contribution is -2.20. The van der Waals surface area contributed by atoms with Crippen LogP contribution in [0.3, 0.4) is 0 Å². The lowest BCUT2D eigenvalue weighted by molar-refractivity contribution is 1.20. The largest absolute Gasteiger partial charge is 0.354 e. The Morgan fingerprint density at radius 2 is 0.625 bits per heavy atom. The fourth-order valence-electron chi connectivity index (χ4n) is 9.17. The van der Waals surface area contributed by atoms with E-state index >= 15 is 0 Å². The number of para-hydroxylation sites is 10. The summed E-state index contributed by atoms with van der Waals surface area (Å²) in [6.07, 6.45) is 0. The third kappa shape index (κ3) is 7.03. The summed E-state index contributed by atoms with van der Waals surface area (Å²) in [5.41, 5.74) is 16.1. The third-order valence-corrected chi connectivity index (χ3v) is 12.0. The van der Waals surface area contributed by atoms with E-state index in [1.165, 1.54) is 10.8 Å². The van der Waals surface area contributed by atoms with Gasteiger partial charge in [0, 0.05) is 50.2 Å². The SMILES string of the molecule is c1ccc(-c2ccc3c([nH]c4ccccc43)c2-c2ccccc2N(c2ccccc2N(c2ccccc2)c2ccccc2)c2ccccc2N(c2ccccc2)c2ccccc2)cc1. The van der Waals surface area contributed by atoms with Gasteiger partial charge in [0.1, 0.15) is 0 Å². The molecule has 0 radical (unpaired) electrons. The second-order valence-electron chi connectivity index (χ2n) is 15.8. The summed E-state index contributed by atoms with van der Waals surface area (Å²) >= 11 is 0. The number of fused-ring (bicyclic) bond motifs is 3. The monoisotopic (exact) mass is 820 g/mol. The zero-order valence-corrected chi connectivity index (χ0v) is 35.2. The Morgan fingerprint density at radius 3 is 1.11 bits per heavy atom. The predicted octanol–water partition coefficient (Wildman–Crippen LogP) is 17.1. The molecule has 1 heterocycles. The molecule has 304 valence electrons. The molecule has 0 amide bonds. The molecule has 64 heavy (non-hydrogen) atoms. The number of nitrogens with zero attached hydrogens (tertiary/aromatic N) is 3. The number of anilines is 9. The topological polar surface area (TPSA) is 25.5 Å².